The average molecular weight is 336 g/mol. The zero-order valence-corrected chi connectivity index (χ0v) is 12.0. The molecule has 0 heterocycles. The van der Waals surface area contributed by atoms with Crippen LogP contribution in [0.25, 0.3) is 0 Å². The third-order valence-electron chi connectivity index (χ3n) is 2.18. The lowest BCUT2D eigenvalue weighted by molar-refractivity contribution is -0.137. The summed E-state index contributed by atoms with van der Waals surface area (Å²) in [6.45, 7) is 0.134. The molecule has 0 unspecified atom stereocenters. The number of nitrogens with one attached hydrogen (secondary N) is 1. The number of aliphatic carboxylic acids is 1. The molecular formula is C11H12BrClN2O3. The maximum Gasteiger partial charge on any atom is 0.321 e. The van der Waals surface area contributed by atoms with Gasteiger partial charge in [-0.05, 0) is 18.2 Å². The quantitative estimate of drug-likeness (QED) is 0.888. The van der Waals surface area contributed by atoms with Gasteiger partial charge in [0.2, 0.25) is 0 Å². The van der Waals surface area contributed by atoms with Gasteiger partial charge in [0.1, 0.15) is 0 Å². The number of nitrogens with zero attached hydrogens (tertiary/aromatic N) is 1. The van der Waals surface area contributed by atoms with Crippen LogP contribution >= 0.6 is 27.5 Å². The molecule has 0 aliphatic rings. The summed E-state index contributed by atoms with van der Waals surface area (Å²) in [7, 11) is 1.52. The number of urea groups is 1. The summed E-state index contributed by atoms with van der Waals surface area (Å²) < 4.78 is 0.810. The number of benzene rings is 1. The molecule has 0 fully saturated rings. The normalized spacial score (nSPS) is 9.94. The highest BCUT2D eigenvalue weighted by Gasteiger charge is 2.11. The molecule has 7 heteroatoms. The Labute approximate surface area is 118 Å². The second-order valence-corrected chi connectivity index (χ2v) is 4.94. The van der Waals surface area contributed by atoms with Crippen molar-refractivity contribution in [3.8, 4) is 0 Å². The Morgan fingerprint density at radius 3 is 2.72 bits per heavy atom. The van der Waals surface area contributed by atoms with E-state index in [0.29, 0.717) is 10.7 Å². The van der Waals surface area contributed by atoms with Gasteiger partial charge < -0.3 is 15.3 Å². The molecule has 0 saturated heterocycles. The van der Waals surface area contributed by atoms with Crippen LogP contribution in [0.3, 0.4) is 0 Å². The van der Waals surface area contributed by atoms with Crippen molar-refractivity contribution in [3.63, 3.8) is 0 Å². The Morgan fingerprint density at radius 2 is 2.17 bits per heavy atom. The van der Waals surface area contributed by atoms with Crippen molar-refractivity contribution < 1.29 is 14.7 Å². The Bertz CT molecular complexity index is 468. The first-order valence-corrected chi connectivity index (χ1v) is 6.26. The summed E-state index contributed by atoms with van der Waals surface area (Å²) in [5, 5.41) is 11.5. The van der Waals surface area contributed by atoms with E-state index in [4.69, 9.17) is 16.7 Å². The van der Waals surface area contributed by atoms with Gasteiger partial charge in [0.05, 0.1) is 17.1 Å². The third-order valence-corrected chi connectivity index (χ3v) is 2.99. The molecule has 18 heavy (non-hydrogen) atoms. The zero-order chi connectivity index (χ0) is 13.7. The van der Waals surface area contributed by atoms with E-state index in [1.54, 1.807) is 18.2 Å². The van der Waals surface area contributed by atoms with E-state index in [1.807, 2.05) is 0 Å². The van der Waals surface area contributed by atoms with E-state index in [0.717, 1.165) is 4.47 Å². The number of carboxylic acid groups (broad SMARTS) is 1. The van der Waals surface area contributed by atoms with Crippen molar-refractivity contribution in [2.75, 3.05) is 18.9 Å². The minimum absolute atomic E-state index is 0.0992. The summed E-state index contributed by atoms with van der Waals surface area (Å²) >= 11 is 9.21. The highest BCUT2D eigenvalue weighted by atomic mass is 79.9. The van der Waals surface area contributed by atoms with Crippen molar-refractivity contribution in [1.82, 2.24) is 4.90 Å². The first kappa shape index (κ1) is 14.8. The fraction of sp³-hybridized carbons (Fsp3) is 0.273. The summed E-state index contributed by atoms with van der Waals surface area (Å²) in [6, 6.07) is 4.67. The van der Waals surface area contributed by atoms with Crippen LogP contribution in [0.2, 0.25) is 5.02 Å². The minimum atomic E-state index is -0.948. The molecule has 5 nitrogen and oxygen atoms in total. The number of carboxylic acids is 1. The predicted octanol–water partition coefficient (Wildman–Crippen LogP) is 3.04. The lowest BCUT2D eigenvalue weighted by Gasteiger charge is -2.17. The lowest BCUT2D eigenvalue weighted by Crippen LogP contribution is -2.33. The standard InChI is InChI=1S/C11H12BrClN2O3/c1-15(5-4-10(16)17)11(18)14-9-3-2-7(12)6-8(9)13/h2-3,6H,4-5H2,1H3,(H,14,18)(H,16,17). The predicted molar refractivity (Wildman–Crippen MR) is 73.1 cm³/mol. The Morgan fingerprint density at radius 1 is 1.50 bits per heavy atom. The van der Waals surface area contributed by atoms with Gasteiger partial charge in [-0.15, -0.1) is 0 Å². The van der Waals surface area contributed by atoms with Gasteiger partial charge in [-0.25, -0.2) is 4.79 Å². The van der Waals surface area contributed by atoms with Gasteiger partial charge in [0.15, 0.2) is 0 Å². The van der Waals surface area contributed by atoms with Crippen LogP contribution in [0.4, 0.5) is 10.5 Å². The fourth-order valence-corrected chi connectivity index (χ4v) is 1.89. The van der Waals surface area contributed by atoms with Gasteiger partial charge in [-0.3, -0.25) is 4.79 Å². The largest absolute Gasteiger partial charge is 0.481 e. The first-order valence-electron chi connectivity index (χ1n) is 5.09. The number of halogens is 2. The van der Waals surface area contributed by atoms with Crippen LogP contribution in [-0.2, 0) is 4.79 Å². The van der Waals surface area contributed by atoms with Crippen LogP contribution in [0.5, 0.6) is 0 Å². The molecule has 98 valence electrons. The molecule has 0 aliphatic carbocycles. The molecule has 0 bridgehead atoms. The topological polar surface area (TPSA) is 69.6 Å². The summed E-state index contributed by atoms with van der Waals surface area (Å²) in [5.41, 5.74) is 0.479. The van der Waals surface area contributed by atoms with Gasteiger partial charge in [0, 0.05) is 18.1 Å². The molecule has 0 atom stereocenters. The second kappa shape index (κ2) is 6.61. The average Bonchev–Trinajstić information content (AvgIpc) is 2.29. The number of carbonyl (C=O) groups excluding carboxylic acids is 1. The van der Waals surface area contributed by atoms with E-state index in [2.05, 4.69) is 21.2 Å². The van der Waals surface area contributed by atoms with Crippen molar-refractivity contribution in [3.05, 3.63) is 27.7 Å². The molecule has 1 aromatic rings. The maximum absolute atomic E-state index is 11.7. The molecule has 1 aromatic carbocycles. The number of rotatable bonds is 4. The van der Waals surface area contributed by atoms with E-state index in [-0.39, 0.29) is 13.0 Å². The van der Waals surface area contributed by atoms with Crippen LogP contribution < -0.4 is 5.32 Å². The maximum atomic E-state index is 11.7. The Balaban J connectivity index is 2.61. The number of amides is 2. The summed E-state index contributed by atoms with van der Waals surface area (Å²) in [6.07, 6.45) is -0.0992. The van der Waals surface area contributed by atoms with E-state index in [1.165, 1.54) is 11.9 Å². The van der Waals surface area contributed by atoms with Gasteiger partial charge >= 0.3 is 12.0 Å². The highest BCUT2D eigenvalue weighted by Crippen LogP contribution is 2.25. The molecule has 1 rings (SSSR count). The minimum Gasteiger partial charge on any atom is -0.481 e. The molecule has 0 radical (unpaired) electrons. The zero-order valence-electron chi connectivity index (χ0n) is 9.61. The monoisotopic (exact) mass is 334 g/mol. The van der Waals surface area contributed by atoms with Gasteiger partial charge in [-0.1, -0.05) is 27.5 Å². The van der Waals surface area contributed by atoms with Gasteiger partial charge in [-0.2, -0.15) is 0 Å². The third kappa shape index (κ3) is 4.54. The summed E-state index contributed by atoms with van der Waals surface area (Å²) in [4.78, 5) is 23.4. The number of carbonyl (C=O) groups is 2. The Hall–Kier alpha value is -1.27. The summed E-state index contributed by atoms with van der Waals surface area (Å²) in [5.74, 6) is -0.948. The Kier molecular flexibility index (Phi) is 5.43. The number of hydrogen-bond acceptors (Lipinski definition) is 2. The van der Waals surface area contributed by atoms with Crippen molar-refractivity contribution in [2.24, 2.45) is 0 Å². The molecule has 0 spiro atoms. The molecule has 0 saturated carbocycles. The van der Waals surface area contributed by atoms with Crippen LogP contribution in [0.1, 0.15) is 6.42 Å². The molecule has 0 aliphatic heterocycles. The highest BCUT2D eigenvalue weighted by molar-refractivity contribution is 9.10. The lowest BCUT2D eigenvalue weighted by atomic mass is 10.3. The molecule has 2 N–H and O–H groups in total. The first-order chi connectivity index (χ1) is 8.40. The van der Waals surface area contributed by atoms with Crippen LogP contribution in [0, 0.1) is 0 Å². The molecule has 2 amide bonds. The fourth-order valence-electron chi connectivity index (χ4n) is 1.17. The number of hydrogen-bond donors (Lipinski definition) is 2. The van der Waals surface area contributed by atoms with Crippen molar-refractivity contribution >= 4 is 45.2 Å². The molecular weight excluding hydrogens is 323 g/mol. The molecule has 0 aromatic heterocycles. The van der Waals surface area contributed by atoms with Crippen LogP contribution in [-0.4, -0.2) is 35.6 Å². The van der Waals surface area contributed by atoms with E-state index >= 15 is 0 Å². The van der Waals surface area contributed by atoms with Crippen molar-refractivity contribution in [2.45, 2.75) is 6.42 Å². The SMILES string of the molecule is CN(CCC(=O)O)C(=O)Nc1ccc(Br)cc1Cl. The van der Waals surface area contributed by atoms with Gasteiger partial charge in [0.25, 0.3) is 0 Å². The van der Waals surface area contributed by atoms with Crippen LogP contribution in [0.15, 0.2) is 22.7 Å². The second-order valence-electron chi connectivity index (χ2n) is 3.62. The van der Waals surface area contributed by atoms with E-state index in [9.17, 15) is 9.59 Å². The van der Waals surface area contributed by atoms with E-state index < -0.39 is 12.0 Å². The smallest absolute Gasteiger partial charge is 0.321 e. The van der Waals surface area contributed by atoms with Crippen molar-refractivity contribution in [1.29, 1.82) is 0 Å². The number of anilines is 1.